The van der Waals surface area contributed by atoms with Gasteiger partial charge in [-0.3, -0.25) is 15.0 Å². The fraction of sp³-hybridized carbons (Fsp3) is 0.523. The summed E-state index contributed by atoms with van der Waals surface area (Å²) in [5, 5.41) is 3.56. The molecule has 0 saturated carbocycles. The van der Waals surface area contributed by atoms with Crippen molar-refractivity contribution < 1.29 is 9.47 Å². The monoisotopic (exact) mass is 745 g/mol. The van der Waals surface area contributed by atoms with Crippen LogP contribution in [0.15, 0.2) is 91.8 Å². The zero-order valence-electron chi connectivity index (χ0n) is 33.1. The highest BCUT2D eigenvalue weighted by molar-refractivity contribution is 5.51. The van der Waals surface area contributed by atoms with Crippen molar-refractivity contribution in [3.63, 3.8) is 0 Å². The van der Waals surface area contributed by atoms with Crippen molar-refractivity contribution in [3.8, 4) is 17.2 Å². The Labute approximate surface area is 327 Å². The van der Waals surface area contributed by atoms with E-state index >= 15 is 0 Å². The lowest BCUT2D eigenvalue weighted by Gasteiger charge is -2.39. The zero-order valence-corrected chi connectivity index (χ0v) is 33.1. The molecule has 3 atom stereocenters. The number of nitrogens with one attached hydrogen (secondary N) is 1. The first-order chi connectivity index (χ1) is 26.8. The van der Waals surface area contributed by atoms with Gasteiger partial charge in [-0.05, 0) is 96.5 Å². The van der Waals surface area contributed by atoms with Crippen LogP contribution in [0.2, 0.25) is 0 Å². The Bertz CT molecular complexity index is 1850. The van der Waals surface area contributed by atoms with E-state index < -0.39 is 0 Å². The van der Waals surface area contributed by atoms with E-state index in [4.69, 9.17) is 9.47 Å². The second kappa shape index (κ2) is 16.3. The Morgan fingerprint density at radius 2 is 1.11 bits per heavy atom. The molecule has 11 nitrogen and oxygen atoms in total. The fourth-order valence-corrected chi connectivity index (χ4v) is 9.71. The summed E-state index contributed by atoms with van der Waals surface area (Å²) in [6.45, 7) is 13.0. The summed E-state index contributed by atoms with van der Waals surface area (Å²) in [5.74, 6) is 2.50. The van der Waals surface area contributed by atoms with Crippen molar-refractivity contribution in [2.45, 2.75) is 44.1 Å². The second-order valence-corrected chi connectivity index (χ2v) is 17.0. The van der Waals surface area contributed by atoms with Gasteiger partial charge in [-0.1, -0.05) is 18.2 Å². The number of hydrogen-bond donors (Lipinski definition) is 1. The highest BCUT2D eigenvalue weighted by Crippen LogP contribution is 2.42. The summed E-state index contributed by atoms with van der Waals surface area (Å²) in [4.78, 5) is 25.0. The minimum absolute atomic E-state index is 0.440. The Balaban J connectivity index is 0.000000120. The van der Waals surface area contributed by atoms with Gasteiger partial charge >= 0.3 is 0 Å². The molecule has 292 valence electrons. The van der Waals surface area contributed by atoms with Crippen molar-refractivity contribution >= 4 is 17.1 Å². The van der Waals surface area contributed by atoms with Crippen LogP contribution in [0.1, 0.15) is 38.5 Å². The molecule has 6 aliphatic rings. The van der Waals surface area contributed by atoms with E-state index in [0.717, 1.165) is 50.0 Å². The molecular formula is C44H59N9O2. The first-order valence-corrected chi connectivity index (χ1v) is 20.3. The minimum atomic E-state index is 0.440. The molecule has 6 fully saturated rings. The van der Waals surface area contributed by atoms with Gasteiger partial charge in [-0.2, -0.15) is 0 Å². The third-order valence-corrected chi connectivity index (χ3v) is 12.9. The quantitative estimate of drug-likeness (QED) is 0.251. The molecular weight excluding hydrogens is 687 g/mol. The fourth-order valence-electron chi connectivity index (χ4n) is 9.71. The molecule has 10 rings (SSSR count). The first-order valence-electron chi connectivity index (χ1n) is 20.3. The van der Waals surface area contributed by atoms with Gasteiger partial charge in [0.1, 0.15) is 17.2 Å². The predicted molar refractivity (Wildman–Crippen MR) is 221 cm³/mol. The van der Waals surface area contributed by atoms with Gasteiger partial charge in [-0.25, -0.2) is 0 Å². The predicted octanol–water partition coefficient (Wildman–Crippen LogP) is 6.05. The summed E-state index contributed by atoms with van der Waals surface area (Å²) in [6, 6.07) is 18.2. The van der Waals surface area contributed by atoms with Crippen LogP contribution >= 0.6 is 0 Å². The zero-order chi connectivity index (χ0) is 37.7. The SMILES string of the molecule is CN1CCC2(CCN(c3cncc(Oc4ccccc4)c3)C2)C1.COc1cncc(N2CCC3(CCN(C)C3)C2)c1.c1cncc(N2CCC3(CCN3)C2)c1. The van der Waals surface area contributed by atoms with Gasteiger partial charge in [0, 0.05) is 87.1 Å². The number of anilines is 3. The highest BCUT2D eigenvalue weighted by atomic mass is 16.5. The van der Waals surface area contributed by atoms with Gasteiger partial charge in [0.05, 0.1) is 55.2 Å². The summed E-state index contributed by atoms with van der Waals surface area (Å²) in [5.41, 5.74) is 5.06. The summed E-state index contributed by atoms with van der Waals surface area (Å²) in [7, 11) is 6.15. The first kappa shape index (κ1) is 37.5. The highest BCUT2D eigenvalue weighted by Gasteiger charge is 2.44. The smallest absolute Gasteiger partial charge is 0.147 e. The Morgan fingerprint density at radius 1 is 0.545 bits per heavy atom. The van der Waals surface area contributed by atoms with Crippen LogP contribution in [0.4, 0.5) is 17.1 Å². The maximum Gasteiger partial charge on any atom is 0.147 e. The molecule has 1 aromatic carbocycles. The van der Waals surface area contributed by atoms with Gasteiger partial charge in [0.15, 0.2) is 0 Å². The van der Waals surface area contributed by atoms with Gasteiger partial charge < -0.3 is 39.3 Å². The molecule has 55 heavy (non-hydrogen) atoms. The maximum absolute atomic E-state index is 5.92. The molecule has 3 aromatic heterocycles. The molecule has 3 spiro atoms. The average Bonchev–Trinajstić information content (AvgIpc) is 4.06. The van der Waals surface area contributed by atoms with Crippen LogP contribution in [0.3, 0.4) is 0 Å². The van der Waals surface area contributed by atoms with E-state index in [-0.39, 0.29) is 0 Å². The molecule has 9 heterocycles. The normalized spacial score (nSPS) is 27.3. The van der Waals surface area contributed by atoms with Crippen molar-refractivity contribution in [2.75, 3.05) is 108 Å². The Hall–Kier alpha value is -4.45. The van der Waals surface area contributed by atoms with Crippen molar-refractivity contribution in [2.24, 2.45) is 10.8 Å². The van der Waals surface area contributed by atoms with E-state index in [1.54, 1.807) is 19.5 Å². The third kappa shape index (κ3) is 8.84. The molecule has 3 unspecified atom stereocenters. The molecule has 6 aliphatic heterocycles. The van der Waals surface area contributed by atoms with Gasteiger partial charge in [0.25, 0.3) is 0 Å². The van der Waals surface area contributed by atoms with E-state index in [2.05, 4.69) is 77.1 Å². The maximum atomic E-state index is 5.92. The molecule has 0 radical (unpaired) electrons. The van der Waals surface area contributed by atoms with Crippen LogP contribution in [-0.4, -0.2) is 123 Å². The van der Waals surface area contributed by atoms with E-state index in [1.807, 2.05) is 61.2 Å². The van der Waals surface area contributed by atoms with Crippen LogP contribution in [0, 0.1) is 10.8 Å². The molecule has 0 bridgehead atoms. The number of hydrogen-bond acceptors (Lipinski definition) is 11. The topological polar surface area (TPSA) is 85.4 Å². The number of methoxy groups -OCH3 is 1. The number of aromatic nitrogens is 3. The lowest BCUT2D eigenvalue weighted by atomic mass is 9.86. The average molecular weight is 746 g/mol. The van der Waals surface area contributed by atoms with Crippen molar-refractivity contribution in [1.82, 2.24) is 30.1 Å². The van der Waals surface area contributed by atoms with E-state index in [9.17, 15) is 0 Å². The molecule has 0 amide bonds. The van der Waals surface area contributed by atoms with E-state index in [0.29, 0.717) is 16.4 Å². The van der Waals surface area contributed by atoms with Crippen molar-refractivity contribution in [3.05, 3.63) is 91.8 Å². The second-order valence-electron chi connectivity index (χ2n) is 17.0. The number of likely N-dealkylation sites (tertiary alicyclic amines) is 2. The Kier molecular flexibility index (Phi) is 11.1. The molecule has 6 saturated heterocycles. The number of pyridine rings is 3. The van der Waals surface area contributed by atoms with Gasteiger partial charge in [0.2, 0.25) is 0 Å². The molecule has 1 N–H and O–H groups in total. The van der Waals surface area contributed by atoms with Crippen LogP contribution in [0.5, 0.6) is 17.2 Å². The number of benzene rings is 1. The third-order valence-electron chi connectivity index (χ3n) is 12.9. The van der Waals surface area contributed by atoms with Crippen LogP contribution in [0.25, 0.3) is 0 Å². The Morgan fingerprint density at radius 3 is 1.64 bits per heavy atom. The minimum Gasteiger partial charge on any atom is -0.495 e. The van der Waals surface area contributed by atoms with E-state index in [1.165, 1.54) is 94.9 Å². The molecule has 4 aromatic rings. The number of rotatable bonds is 6. The lowest BCUT2D eigenvalue weighted by molar-refractivity contribution is 0.235. The van der Waals surface area contributed by atoms with Crippen LogP contribution < -0.4 is 29.5 Å². The number of ether oxygens (including phenoxy) is 2. The summed E-state index contributed by atoms with van der Waals surface area (Å²) >= 11 is 0. The molecule has 0 aliphatic carbocycles. The summed E-state index contributed by atoms with van der Waals surface area (Å²) < 4.78 is 11.2. The van der Waals surface area contributed by atoms with Crippen molar-refractivity contribution in [1.29, 1.82) is 0 Å². The number of nitrogens with zero attached hydrogens (tertiary/aromatic N) is 8. The summed E-state index contributed by atoms with van der Waals surface area (Å²) in [6.07, 6.45) is 19.1. The largest absolute Gasteiger partial charge is 0.495 e. The number of para-hydroxylation sites is 1. The van der Waals surface area contributed by atoms with Crippen LogP contribution in [-0.2, 0) is 0 Å². The lowest BCUT2D eigenvalue weighted by Crippen LogP contribution is -2.58. The molecule has 11 heteroatoms. The standard InChI is InChI=1S/C19H23N3O.C14H21N3O.C11H15N3/c1-21-9-7-19(14-21)8-10-22(15-19)16-11-18(13-20-12-16)23-17-5-3-2-4-6-17;1-16-5-3-14(10-16)4-6-17(11-14)12-7-13(18-2)9-15-8-12;1-2-10(8-12-5-1)14-7-4-11(9-14)3-6-13-11/h2-6,11-13H,7-10,14-15H2,1H3;7-9H,3-6,10-11H2,1-2H3;1-2,5,8,13H,3-4,6-7,9H2. The van der Waals surface area contributed by atoms with Gasteiger partial charge in [-0.15, -0.1) is 0 Å².